The molecule has 10 heterocycles. The molecule has 388 valence electrons. The van der Waals surface area contributed by atoms with Crippen molar-refractivity contribution in [2.45, 2.75) is 100 Å². The average Bonchev–Trinajstić information content (AvgIpc) is 1.03. The Bertz CT molecular complexity index is 3600. The molecular weight excluding hydrogens is 1030 g/mol. The molecule has 0 radical (unpaired) electrons. The fourth-order valence-corrected chi connectivity index (χ4v) is 129. The van der Waals surface area contributed by atoms with Crippen molar-refractivity contribution in [3.8, 4) is 0 Å². The Hall–Kier alpha value is -4.04. The van der Waals surface area contributed by atoms with Crippen LogP contribution in [0.25, 0.3) is 0 Å². The summed E-state index contributed by atoms with van der Waals surface area (Å²) in [5.74, 6) is 0. The SMILES string of the molecule is CNC.Cc1cc(C)cc(P(c2cc(C)cc(C)c2)C(C)[C@]23[CH]4[CH]5[CH]6[C]2(P(c2ccccc2)c2ccccc2)[Fe]56432789[CH]3[CH]2[CH]7[CH]8[CH]39)c1.c1ccc(P(CCCCP(c2ccccc2)c2ccccc2)c2ccccc2)cc1. The van der Waals surface area contributed by atoms with Crippen molar-refractivity contribution in [3.63, 3.8) is 0 Å². The summed E-state index contributed by atoms with van der Waals surface area (Å²) in [7, 11) is 2.43. The summed E-state index contributed by atoms with van der Waals surface area (Å²) in [5.41, 5.74) is 6.63. The van der Waals surface area contributed by atoms with E-state index in [1.165, 1.54) is 107 Å². The normalized spacial score (nSPS) is 36.8. The van der Waals surface area contributed by atoms with E-state index >= 15 is 0 Å². The topological polar surface area (TPSA) is 12.0 Å². The van der Waals surface area contributed by atoms with Crippen molar-refractivity contribution in [2.24, 2.45) is 0 Å². The van der Waals surface area contributed by atoms with Crippen molar-refractivity contribution in [1.29, 1.82) is 0 Å². The summed E-state index contributed by atoms with van der Waals surface area (Å²) in [4.78, 5) is 10.2. The Morgan fingerprint density at radius 3 is 0.961 bits per heavy atom. The van der Waals surface area contributed by atoms with Crippen molar-refractivity contribution < 1.29 is 6.51 Å². The van der Waals surface area contributed by atoms with Crippen LogP contribution in [-0.2, 0) is 6.51 Å². The Kier molecular flexibility index (Phi) is 7.67. The van der Waals surface area contributed by atoms with Crippen molar-refractivity contribution in [2.75, 3.05) is 26.4 Å². The van der Waals surface area contributed by atoms with Crippen LogP contribution in [0.15, 0.2) is 218 Å². The molecule has 0 bridgehead atoms. The number of hydrogen-bond acceptors (Lipinski definition) is 1. The van der Waals surface area contributed by atoms with Crippen LogP contribution in [0.1, 0.15) is 42.0 Å². The van der Waals surface area contributed by atoms with Crippen LogP contribution in [0.4, 0.5) is 0 Å². The van der Waals surface area contributed by atoms with Gasteiger partial charge in [0.25, 0.3) is 0 Å². The zero-order valence-electron chi connectivity index (χ0n) is 45.5. The first kappa shape index (κ1) is 47.9. The molecule has 8 aromatic rings. The maximum Gasteiger partial charge on any atom is -0.0195 e. The molecule has 6 atom stereocenters. The molecule has 10 fully saturated rings. The smallest absolute Gasteiger partial charge is 0.0195 e. The van der Waals surface area contributed by atoms with E-state index in [2.05, 4.69) is 258 Å². The van der Waals surface area contributed by atoms with Gasteiger partial charge in [-0.15, -0.1) is 0 Å². The molecule has 5 unspecified atom stereocenters. The second-order valence-corrected chi connectivity index (χ2v) is 59.6. The summed E-state index contributed by atoms with van der Waals surface area (Å²) < 4.78 is 1.48. The first-order chi connectivity index (χ1) is 36.9. The van der Waals surface area contributed by atoms with Crippen LogP contribution in [0, 0.1) is 27.7 Å². The molecular formula is C70H75FeNP4. The molecule has 18 rings (SSSR count). The molecule has 1 N–H and O–H groups in total. The van der Waals surface area contributed by atoms with E-state index in [4.69, 9.17) is 0 Å². The van der Waals surface area contributed by atoms with Gasteiger partial charge in [0.05, 0.1) is 0 Å². The van der Waals surface area contributed by atoms with E-state index in [0.29, 0.717) is 0 Å². The molecule has 0 aromatic heterocycles. The third kappa shape index (κ3) is 2.72. The van der Waals surface area contributed by atoms with Crippen LogP contribution in [0.2, 0.25) is 42.8 Å². The van der Waals surface area contributed by atoms with Crippen LogP contribution < -0.4 is 47.8 Å². The Balaban J connectivity index is 0.000000131. The van der Waals surface area contributed by atoms with Crippen molar-refractivity contribution in [3.05, 3.63) is 241 Å². The summed E-state index contributed by atoms with van der Waals surface area (Å²) >= 11 is 0. The molecule has 10 aliphatic heterocycles. The Labute approximate surface area is 449 Å². The number of hydrogen-bond donors (Lipinski definition) is 1. The van der Waals surface area contributed by atoms with Gasteiger partial charge in [0.2, 0.25) is 0 Å². The number of rotatable bonds is 16. The summed E-state index contributed by atoms with van der Waals surface area (Å²) in [5, 5.41) is 15.5. The minimum atomic E-state index is -3.87. The fraction of sp³-hybridized carbons (Fsp3) is 0.314. The van der Waals surface area contributed by atoms with E-state index in [-0.39, 0.29) is 23.8 Å². The second-order valence-electron chi connectivity index (χ2n) is 26.4. The quantitative estimate of drug-likeness (QED) is 0.0578. The third-order valence-electron chi connectivity index (χ3n) is 26.5. The Morgan fingerprint density at radius 1 is 0.395 bits per heavy atom. The number of unbranched alkanes of at least 4 members (excludes halogenated alkanes) is 1. The van der Waals surface area contributed by atoms with E-state index in [0.717, 1.165) is 14.0 Å². The van der Waals surface area contributed by atoms with Gasteiger partial charge in [0.15, 0.2) is 0 Å². The summed E-state index contributed by atoms with van der Waals surface area (Å²) in [6, 6.07) is 83.9. The minimum Gasteiger partial charge on any atom is -0.0622 e. The largest absolute Gasteiger partial charge is 0.0622 e. The molecule has 1 spiro atoms. The summed E-state index contributed by atoms with van der Waals surface area (Å²) in [6.07, 6.45) is 5.06. The van der Waals surface area contributed by atoms with Gasteiger partial charge >= 0.3 is 250 Å². The van der Waals surface area contributed by atoms with E-state index in [1.807, 2.05) is 14.1 Å². The van der Waals surface area contributed by atoms with Gasteiger partial charge in [-0.3, -0.25) is 0 Å². The van der Waals surface area contributed by atoms with Gasteiger partial charge in [-0.05, 0) is 76.3 Å². The summed E-state index contributed by atoms with van der Waals surface area (Å²) in [6.45, 7) is 8.36. The fourth-order valence-electron chi connectivity index (χ4n) is 26.9. The molecule has 6 heteroatoms. The minimum absolute atomic E-state index is 0.283. The predicted molar refractivity (Wildman–Crippen MR) is 334 cm³/mol. The molecule has 1 nitrogen and oxygen atoms in total. The molecule has 8 aromatic carbocycles. The molecule has 0 aliphatic carbocycles. The number of nitrogens with one attached hydrogen (secondary N) is 1. The van der Waals surface area contributed by atoms with Crippen LogP contribution in [0.5, 0.6) is 0 Å². The van der Waals surface area contributed by atoms with Gasteiger partial charge in [-0.25, -0.2) is 0 Å². The van der Waals surface area contributed by atoms with Crippen molar-refractivity contribution in [1.82, 2.24) is 5.32 Å². The van der Waals surface area contributed by atoms with E-state index < -0.39 is 14.4 Å². The maximum absolute atomic E-state index is 3.87. The molecule has 10 aliphatic rings. The third-order valence-corrected chi connectivity index (χ3v) is 85.0. The van der Waals surface area contributed by atoms with Crippen LogP contribution in [-0.4, -0.2) is 36.1 Å². The van der Waals surface area contributed by atoms with Gasteiger partial charge in [-0.1, -0.05) is 121 Å². The van der Waals surface area contributed by atoms with Gasteiger partial charge < -0.3 is 5.32 Å². The first-order valence-electron chi connectivity index (χ1n) is 28.3. The van der Waals surface area contributed by atoms with Crippen LogP contribution in [0.3, 0.4) is 0 Å². The zero-order valence-corrected chi connectivity index (χ0v) is 50.1. The predicted octanol–water partition coefficient (Wildman–Crippen LogP) is 15.4. The van der Waals surface area contributed by atoms with Crippen molar-refractivity contribution >= 4 is 74.1 Å². The molecule has 0 saturated carbocycles. The number of aryl methyl sites for hydroxylation is 4. The zero-order chi connectivity index (χ0) is 51.7. The van der Waals surface area contributed by atoms with Gasteiger partial charge in [-0.2, -0.15) is 0 Å². The monoisotopic (exact) mass is 1110 g/mol. The van der Waals surface area contributed by atoms with E-state index in [9.17, 15) is 0 Å². The number of fused-ring (bicyclic) bond motifs is 10. The molecule has 76 heavy (non-hydrogen) atoms. The first-order valence-corrected chi connectivity index (χ1v) is 40.4. The Morgan fingerprint density at radius 2 is 0.684 bits per heavy atom. The van der Waals surface area contributed by atoms with Gasteiger partial charge in [0.1, 0.15) is 0 Å². The average molecular weight is 1110 g/mol. The standard InChI is InChI=1S/C35H35P2.C28H28P2.C5H5.C2H7N.Fe/c1-25-19-26(2)22-32(21-25)36(33-23-27(3)20-28(4)24-33)29(5)34-17-12-18-35(34)37(30-13-8-6-9-14-30)31-15-10-7-11-16-31;1-5-15-25(16-6-1)29(26-17-7-2-8-18-26)23-13-14-24-30(27-19-9-3-10-20-27)28-21-11-4-12-22-28;1-2-4-5-3-1;1-3-2;/h6-24,29H,1-5H3;1-12,15-22H,13-14,23-24H2;1-5H;3H,1-2H3;. The molecule has 0 amide bonds. The second kappa shape index (κ2) is 12.2. The van der Waals surface area contributed by atoms with Crippen LogP contribution >= 0.6 is 31.7 Å². The number of benzene rings is 8. The van der Waals surface area contributed by atoms with E-state index in [1.54, 1.807) is 21.2 Å². The molecule has 10 saturated heterocycles. The maximum atomic E-state index is 2.87. The van der Waals surface area contributed by atoms with Gasteiger partial charge in [0, 0.05) is 0 Å².